The monoisotopic (exact) mass is 295 g/mol. The molecule has 0 amide bonds. The third-order valence-corrected chi connectivity index (χ3v) is 4.13. The van der Waals surface area contributed by atoms with Crippen LogP contribution in [0, 0.1) is 5.41 Å². The van der Waals surface area contributed by atoms with Crippen molar-refractivity contribution in [2.75, 3.05) is 6.54 Å². The van der Waals surface area contributed by atoms with E-state index in [2.05, 4.69) is 4.72 Å². The summed E-state index contributed by atoms with van der Waals surface area (Å²) in [5, 5.41) is 0.562. The van der Waals surface area contributed by atoms with E-state index < -0.39 is 10.0 Å². The van der Waals surface area contributed by atoms with Crippen molar-refractivity contribution in [3.8, 4) is 0 Å². The van der Waals surface area contributed by atoms with Crippen LogP contribution in [0.3, 0.4) is 0 Å². The number of nitrogens with one attached hydrogen (secondary N) is 1. The summed E-state index contributed by atoms with van der Waals surface area (Å²) in [5.74, 6) is 0. The minimum Gasteiger partial charge on any atom is -0.211 e. The van der Waals surface area contributed by atoms with Crippen molar-refractivity contribution in [1.29, 1.82) is 0 Å². The molecule has 0 aromatic heterocycles. The fraction of sp³-hybridized carbons (Fsp3) is 0.455. The van der Waals surface area contributed by atoms with Crippen LogP contribution in [0.5, 0.6) is 0 Å². The molecule has 0 aliphatic heterocycles. The predicted molar refractivity (Wildman–Crippen MR) is 71.1 cm³/mol. The summed E-state index contributed by atoms with van der Waals surface area (Å²) in [6.45, 7) is 6.20. The molecule has 1 N–H and O–H groups in total. The molecule has 0 bridgehead atoms. The lowest BCUT2D eigenvalue weighted by atomic mass is 9.98. The fourth-order valence-corrected chi connectivity index (χ4v) is 2.71. The van der Waals surface area contributed by atoms with E-state index in [9.17, 15) is 8.42 Å². The van der Waals surface area contributed by atoms with Crippen LogP contribution < -0.4 is 4.72 Å². The summed E-state index contributed by atoms with van der Waals surface area (Å²) < 4.78 is 26.4. The molecule has 1 rings (SSSR count). The molecule has 0 saturated heterocycles. The molecule has 0 aliphatic carbocycles. The van der Waals surface area contributed by atoms with E-state index in [0.29, 0.717) is 11.6 Å². The van der Waals surface area contributed by atoms with Gasteiger partial charge in [0.2, 0.25) is 10.0 Å². The van der Waals surface area contributed by atoms with Gasteiger partial charge >= 0.3 is 0 Å². The third-order valence-electron chi connectivity index (χ3n) is 1.99. The first-order chi connectivity index (χ1) is 7.62. The van der Waals surface area contributed by atoms with E-state index in [1.807, 2.05) is 20.8 Å². The Morgan fingerprint density at radius 2 is 1.76 bits per heavy atom. The molecule has 96 valence electrons. The van der Waals surface area contributed by atoms with Crippen molar-refractivity contribution in [2.24, 2.45) is 5.41 Å². The minimum absolute atomic E-state index is 0.121. The molecule has 0 saturated carbocycles. The first kappa shape index (κ1) is 14.8. The number of hydrogen-bond acceptors (Lipinski definition) is 2. The van der Waals surface area contributed by atoms with Gasteiger partial charge in [0.1, 0.15) is 0 Å². The van der Waals surface area contributed by atoms with Gasteiger partial charge in [-0.25, -0.2) is 13.1 Å². The van der Waals surface area contributed by atoms with Crippen LogP contribution in [0.2, 0.25) is 10.0 Å². The number of halogens is 2. The molecule has 3 nitrogen and oxygen atoms in total. The molecule has 0 fully saturated rings. The van der Waals surface area contributed by atoms with Crippen LogP contribution in [0.25, 0.3) is 0 Å². The molecule has 1 aromatic rings. The van der Waals surface area contributed by atoms with Crippen LogP contribution in [0.1, 0.15) is 20.8 Å². The van der Waals surface area contributed by atoms with E-state index >= 15 is 0 Å². The van der Waals surface area contributed by atoms with Crippen molar-refractivity contribution >= 4 is 33.2 Å². The van der Waals surface area contributed by atoms with E-state index in [0.717, 1.165) is 0 Å². The van der Waals surface area contributed by atoms with Gasteiger partial charge in [0.05, 0.1) is 14.9 Å². The molecule has 0 heterocycles. The highest BCUT2D eigenvalue weighted by atomic mass is 35.5. The lowest BCUT2D eigenvalue weighted by molar-refractivity contribution is 0.407. The Balaban J connectivity index is 2.94. The van der Waals surface area contributed by atoms with E-state index in [1.165, 1.54) is 18.2 Å². The van der Waals surface area contributed by atoms with Crippen LogP contribution in [-0.4, -0.2) is 15.0 Å². The van der Waals surface area contributed by atoms with Crippen molar-refractivity contribution in [2.45, 2.75) is 25.7 Å². The molecule has 0 aliphatic rings. The summed E-state index contributed by atoms with van der Waals surface area (Å²) in [6.07, 6.45) is 0. The van der Waals surface area contributed by atoms with Crippen LogP contribution in [0.15, 0.2) is 23.1 Å². The predicted octanol–water partition coefficient (Wildman–Crippen LogP) is 3.32. The van der Waals surface area contributed by atoms with Gasteiger partial charge < -0.3 is 0 Å². The molecule has 0 atom stereocenters. The highest BCUT2D eigenvalue weighted by Crippen LogP contribution is 2.25. The Kier molecular flexibility index (Phi) is 4.47. The largest absolute Gasteiger partial charge is 0.240 e. The number of benzene rings is 1. The Morgan fingerprint density at radius 1 is 1.18 bits per heavy atom. The van der Waals surface area contributed by atoms with E-state index in [1.54, 1.807) is 0 Å². The molecule has 0 unspecified atom stereocenters. The van der Waals surface area contributed by atoms with Gasteiger partial charge in [-0.1, -0.05) is 44.0 Å². The molecular formula is C11H15Cl2NO2S. The Bertz CT molecular complexity index is 507. The fourth-order valence-electron chi connectivity index (χ4n) is 1.04. The molecule has 0 radical (unpaired) electrons. The average Bonchev–Trinajstić information content (AvgIpc) is 2.18. The molecule has 6 heteroatoms. The maximum atomic E-state index is 11.9. The summed E-state index contributed by atoms with van der Waals surface area (Å²) in [6, 6.07) is 4.24. The second-order valence-electron chi connectivity index (χ2n) is 4.96. The average molecular weight is 296 g/mol. The number of rotatable bonds is 3. The maximum absolute atomic E-state index is 11.9. The van der Waals surface area contributed by atoms with E-state index in [4.69, 9.17) is 23.2 Å². The second-order valence-corrected chi connectivity index (χ2v) is 7.54. The van der Waals surface area contributed by atoms with Gasteiger partial charge in [0.15, 0.2) is 0 Å². The Hall–Kier alpha value is -0.290. The SMILES string of the molecule is CC(C)(C)CNS(=O)(=O)c1ccc(Cl)c(Cl)c1. The zero-order chi connectivity index (χ0) is 13.3. The number of sulfonamides is 1. The zero-order valence-corrected chi connectivity index (χ0v) is 12.2. The van der Waals surface area contributed by atoms with Crippen LogP contribution >= 0.6 is 23.2 Å². The van der Waals surface area contributed by atoms with Gasteiger partial charge in [-0.15, -0.1) is 0 Å². The quantitative estimate of drug-likeness (QED) is 0.930. The first-order valence-corrected chi connectivity index (χ1v) is 7.30. The summed E-state index contributed by atoms with van der Waals surface area (Å²) in [4.78, 5) is 0.121. The highest BCUT2D eigenvalue weighted by Gasteiger charge is 2.19. The molecule has 17 heavy (non-hydrogen) atoms. The van der Waals surface area contributed by atoms with E-state index in [-0.39, 0.29) is 15.3 Å². The van der Waals surface area contributed by atoms with Crippen LogP contribution in [-0.2, 0) is 10.0 Å². The minimum atomic E-state index is -3.53. The van der Waals surface area contributed by atoms with Gasteiger partial charge in [0.25, 0.3) is 0 Å². The lowest BCUT2D eigenvalue weighted by Crippen LogP contribution is -2.32. The van der Waals surface area contributed by atoms with Crippen molar-refractivity contribution in [3.63, 3.8) is 0 Å². The summed E-state index contributed by atoms with van der Waals surface area (Å²) in [5.41, 5.74) is -0.122. The zero-order valence-electron chi connectivity index (χ0n) is 9.92. The van der Waals surface area contributed by atoms with Gasteiger partial charge in [-0.05, 0) is 23.6 Å². The molecule has 0 spiro atoms. The Labute approximate surface area is 112 Å². The van der Waals surface area contributed by atoms with Crippen molar-refractivity contribution in [3.05, 3.63) is 28.2 Å². The maximum Gasteiger partial charge on any atom is 0.240 e. The third kappa shape index (κ3) is 4.47. The smallest absolute Gasteiger partial charge is 0.211 e. The van der Waals surface area contributed by atoms with Gasteiger partial charge in [-0.2, -0.15) is 0 Å². The standard InChI is InChI=1S/C11H15Cl2NO2S/c1-11(2,3)7-14-17(15,16)8-4-5-9(12)10(13)6-8/h4-6,14H,7H2,1-3H3. The van der Waals surface area contributed by atoms with Gasteiger partial charge in [0, 0.05) is 6.54 Å². The van der Waals surface area contributed by atoms with Crippen LogP contribution in [0.4, 0.5) is 0 Å². The first-order valence-electron chi connectivity index (χ1n) is 5.06. The van der Waals surface area contributed by atoms with Crippen molar-refractivity contribution in [1.82, 2.24) is 4.72 Å². The lowest BCUT2D eigenvalue weighted by Gasteiger charge is -2.18. The number of hydrogen-bond donors (Lipinski definition) is 1. The summed E-state index contributed by atoms with van der Waals surface area (Å²) in [7, 11) is -3.53. The molecule has 1 aromatic carbocycles. The van der Waals surface area contributed by atoms with Gasteiger partial charge in [-0.3, -0.25) is 0 Å². The topological polar surface area (TPSA) is 46.2 Å². The highest BCUT2D eigenvalue weighted by molar-refractivity contribution is 7.89. The normalized spacial score (nSPS) is 12.8. The van der Waals surface area contributed by atoms with Crippen molar-refractivity contribution < 1.29 is 8.42 Å². The second kappa shape index (κ2) is 5.14. The Morgan fingerprint density at radius 3 is 2.24 bits per heavy atom. The molecular weight excluding hydrogens is 281 g/mol. The summed E-state index contributed by atoms with van der Waals surface area (Å²) >= 11 is 11.5.